The molecule has 3 N–H and O–H groups in total. The van der Waals surface area contributed by atoms with E-state index in [1.165, 1.54) is 27.6 Å². The SMILES string of the molecule is Cc1ccc2c(CCN)c[nH]c2c1C. The summed E-state index contributed by atoms with van der Waals surface area (Å²) in [7, 11) is 0. The van der Waals surface area contributed by atoms with Crippen molar-refractivity contribution in [2.45, 2.75) is 20.3 Å². The summed E-state index contributed by atoms with van der Waals surface area (Å²) in [5.41, 5.74) is 10.8. The van der Waals surface area contributed by atoms with Crippen molar-refractivity contribution in [3.63, 3.8) is 0 Å². The largest absolute Gasteiger partial charge is 0.361 e. The highest BCUT2D eigenvalue weighted by Gasteiger charge is 2.05. The molecule has 2 rings (SSSR count). The number of H-pyrrole nitrogens is 1. The van der Waals surface area contributed by atoms with E-state index in [1.807, 2.05) is 0 Å². The lowest BCUT2D eigenvalue weighted by Crippen LogP contribution is -2.01. The third-order valence-electron chi connectivity index (χ3n) is 2.89. The maximum absolute atomic E-state index is 5.56. The predicted octanol–water partition coefficient (Wildman–Crippen LogP) is 2.29. The number of rotatable bonds is 2. The van der Waals surface area contributed by atoms with E-state index >= 15 is 0 Å². The highest BCUT2D eigenvalue weighted by molar-refractivity contribution is 5.86. The maximum Gasteiger partial charge on any atom is 0.0489 e. The van der Waals surface area contributed by atoms with Crippen LogP contribution in [0, 0.1) is 13.8 Å². The molecule has 14 heavy (non-hydrogen) atoms. The Morgan fingerprint density at radius 3 is 2.79 bits per heavy atom. The van der Waals surface area contributed by atoms with Crippen LogP contribution in [0.5, 0.6) is 0 Å². The van der Waals surface area contributed by atoms with E-state index < -0.39 is 0 Å². The second-order valence-electron chi connectivity index (χ2n) is 3.78. The molecule has 1 aromatic heterocycles. The lowest BCUT2D eigenvalue weighted by Gasteiger charge is -2.02. The molecule has 0 atom stereocenters. The molecular formula is C12H16N2. The second-order valence-corrected chi connectivity index (χ2v) is 3.78. The van der Waals surface area contributed by atoms with Crippen molar-refractivity contribution in [1.29, 1.82) is 0 Å². The summed E-state index contributed by atoms with van der Waals surface area (Å²) in [4.78, 5) is 3.33. The molecule has 0 unspecified atom stereocenters. The van der Waals surface area contributed by atoms with Crippen LogP contribution >= 0.6 is 0 Å². The van der Waals surface area contributed by atoms with E-state index in [0.29, 0.717) is 6.54 Å². The van der Waals surface area contributed by atoms with Crippen molar-refractivity contribution < 1.29 is 0 Å². The Morgan fingerprint density at radius 1 is 1.29 bits per heavy atom. The minimum absolute atomic E-state index is 0.708. The second kappa shape index (κ2) is 3.46. The molecule has 0 aliphatic carbocycles. The summed E-state index contributed by atoms with van der Waals surface area (Å²) >= 11 is 0. The fraction of sp³-hybridized carbons (Fsp3) is 0.333. The summed E-state index contributed by atoms with van der Waals surface area (Å²) in [6.07, 6.45) is 3.02. The Kier molecular flexibility index (Phi) is 2.30. The first-order chi connectivity index (χ1) is 6.74. The molecule has 0 fully saturated rings. The molecule has 0 radical (unpaired) electrons. The molecule has 0 amide bonds. The van der Waals surface area contributed by atoms with Gasteiger partial charge >= 0.3 is 0 Å². The molecule has 0 saturated heterocycles. The van der Waals surface area contributed by atoms with Crippen LogP contribution < -0.4 is 5.73 Å². The van der Waals surface area contributed by atoms with Gasteiger partial charge in [0.15, 0.2) is 0 Å². The van der Waals surface area contributed by atoms with Gasteiger partial charge in [-0.25, -0.2) is 0 Å². The molecule has 0 aliphatic rings. The van der Waals surface area contributed by atoms with Crippen LogP contribution in [0.25, 0.3) is 10.9 Å². The molecule has 0 saturated carbocycles. The normalized spacial score (nSPS) is 11.1. The summed E-state index contributed by atoms with van der Waals surface area (Å²) < 4.78 is 0. The van der Waals surface area contributed by atoms with Gasteiger partial charge < -0.3 is 10.7 Å². The van der Waals surface area contributed by atoms with Gasteiger partial charge in [-0.2, -0.15) is 0 Å². The van der Waals surface area contributed by atoms with E-state index in [-0.39, 0.29) is 0 Å². The lowest BCUT2D eigenvalue weighted by atomic mass is 10.0. The van der Waals surface area contributed by atoms with E-state index in [4.69, 9.17) is 5.73 Å². The minimum atomic E-state index is 0.708. The Balaban J connectivity index is 2.64. The average molecular weight is 188 g/mol. The van der Waals surface area contributed by atoms with Gasteiger partial charge in [-0.1, -0.05) is 12.1 Å². The molecule has 1 heterocycles. The summed E-state index contributed by atoms with van der Waals surface area (Å²) in [6, 6.07) is 4.35. The maximum atomic E-state index is 5.56. The molecule has 2 aromatic rings. The fourth-order valence-electron chi connectivity index (χ4n) is 1.87. The van der Waals surface area contributed by atoms with Crippen molar-refractivity contribution in [1.82, 2.24) is 4.98 Å². The number of hydrogen-bond acceptors (Lipinski definition) is 1. The Morgan fingerprint density at radius 2 is 2.07 bits per heavy atom. The molecule has 0 aliphatic heterocycles. The third-order valence-corrected chi connectivity index (χ3v) is 2.89. The van der Waals surface area contributed by atoms with Crippen LogP contribution in [-0.4, -0.2) is 11.5 Å². The number of hydrogen-bond donors (Lipinski definition) is 2. The molecule has 1 aromatic carbocycles. The zero-order valence-electron chi connectivity index (χ0n) is 8.72. The van der Waals surface area contributed by atoms with Crippen LogP contribution in [0.4, 0.5) is 0 Å². The molecule has 74 valence electrons. The van der Waals surface area contributed by atoms with E-state index in [2.05, 4.69) is 37.2 Å². The number of benzene rings is 1. The fourth-order valence-corrected chi connectivity index (χ4v) is 1.87. The lowest BCUT2D eigenvalue weighted by molar-refractivity contribution is 0.976. The molecule has 0 spiro atoms. The first-order valence-electron chi connectivity index (χ1n) is 5.00. The zero-order chi connectivity index (χ0) is 10.1. The summed E-state index contributed by atoms with van der Waals surface area (Å²) in [6.45, 7) is 5.00. The number of nitrogens with one attached hydrogen (secondary N) is 1. The van der Waals surface area contributed by atoms with Crippen LogP contribution in [0.1, 0.15) is 16.7 Å². The first kappa shape index (κ1) is 9.28. The van der Waals surface area contributed by atoms with Gasteiger partial charge in [0, 0.05) is 17.1 Å². The number of aryl methyl sites for hydroxylation is 2. The van der Waals surface area contributed by atoms with E-state index in [0.717, 1.165) is 6.42 Å². The molecule has 2 heteroatoms. The number of fused-ring (bicyclic) bond motifs is 1. The highest BCUT2D eigenvalue weighted by atomic mass is 14.7. The third kappa shape index (κ3) is 1.32. The predicted molar refractivity (Wildman–Crippen MR) is 60.5 cm³/mol. The topological polar surface area (TPSA) is 41.8 Å². The Hall–Kier alpha value is -1.28. The van der Waals surface area contributed by atoms with Gasteiger partial charge in [0.1, 0.15) is 0 Å². The standard InChI is InChI=1S/C12H16N2/c1-8-3-4-11-10(5-6-13)7-14-12(11)9(8)2/h3-4,7,14H,5-6,13H2,1-2H3. The van der Waals surface area contributed by atoms with Crippen molar-refractivity contribution in [3.8, 4) is 0 Å². The molecule has 2 nitrogen and oxygen atoms in total. The van der Waals surface area contributed by atoms with E-state index in [1.54, 1.807) is 0 Å². The van der Waals surface area contributed by atoms with Crippen molar-refractivity contribution in [2.24, 2.45) is 5.73 Å². The highest BCUT2D eigenvalue weighted by Crippen LogP contribution is 2.23. The first-order valence-corrected chi connectivity index (χ1v) is 5.00. The summed E-state index contributed by atoms with van der Waals surface area (Å²) in [5.74, 6) is 0. The van der Waals surface area contributed by atoms with Gasteiger partial charge in [-0.3, -0.25) is 0 Å². The zero-order valence-corrected chi connectivity index (χ0v) is 8.72. The van der Waals surface area contributed by atoms with Gasteiger partial charge in [0.2, 0.25) is 0 Å². The Bertz CT molecular complexity index is 455. The van der Waals surface area contributed by atoms with Gasteiger partial charge in [0.05, 0.1) is 0 Å². The minimum Gasteiger partial charge on any atom is -0.361 e. The van der Waals surface area contributed by atoms with Crippen LogP contribution in [0.15, 0.2) is 18.3 Å². The van der Waals surface area contributed by atoms with Crippen molar-refractivity contribution >= 4 is 10.9 Å². The van der Waals surface area contributed by atoms with E-state index in [9.17, 15) is 0 Å². The van der Waals surface area contributed by atoms with Gasteiger partial charge in [0.25, 0.3) is 0 Å². The van der Waals surface area contributed by atoms with Crippen LogP contribution in [0.3, 0.4) is 0 Å². The van der Waals surface area contributed by atoms with Crippen molar-refractivity contribution in [2.75, 3.05) is 6.54 Å². The number of aromatic amines is 1. The number of nitrogens with two attached hydrogens (primary N) is 1. The average Bonchev–Trinajstić information content (AvgIpc) is 2.57. The van der Waals surface area contributed by atoms with Gasteiger partial charge in [-0.15, -0.1) is 0 Å². The molecular weight excluding hydrogens is 172 g/mol. The van der Waals surface area contributed by atoms with Crippen LogP contribution in [-0.2, 0) is 6.42 Å². The van der Waals surface area contributed by atoms with Crippen molar-refractivity contribution in [3.05, 3.63) is 35.0 Å². The molecule has 0 bridgehead atoms. The monoisotopic (exact) mass is 188 g/mol. The number of aromatic nitrogens is 1. The van der Waals surface area contributed by atoms with Crippen LogP contribution in [0.2, 0.25) is 0 Å². The van der Waals surface area contributed by atoms with Gasteiger partial charge in [-0.05, 0) is 43.5 Å². The Labute approximate surface area is 84.1 Å². The summed E-state index contributed by atoms with van der Waals surface area (Å²) in [5, 5.41) is 1.32. The smallest absolute Gasteiger partial charge is 0.0489 e. The quantitative estimate of drug-likeness (QED) is 0.746.